The molecule has 9 nitrogen and oxygen atoms in total. The van der Waals surface area contributed by atoms with Crippen molar-refractivity contribution >= 4 is 52.1 Å². The predicted molar refractivity (Wildman–Crippen MR) is 141 cm³/mol. The molecule has 4 rings (SSSR count). The molecular weight excluding hydrogens is 489 g/mol. The minimum Gasteiger partial charge on any atom is -0.393 e. The molecule has 1 aliphatic heterocycles. The molecule has 1 aromatic heterocycles. The third-order valence-corrected chi connectivity index (χ3v) is 7.25. The fourth-order valence-corrected chi connectivity index (χ4v) is 5.34. The van der Waals surface area contributed by atoms with Crippen LogP contribution in [0.25, 0.3) is 0 Å². The van der Waals surface area contributed by atoms with Crippen LogP contribution in [0.2, 0.25) is 10.0 Å². The monoisotopic (exact) mass is 521 g/mol. The molecule has 190 valence electrons. The van der Waals surface area contributed by atoms with Crippen LogP contribution >= 0.6 is 23.2 Å². The van der Waals surface area contributed by atoms with Gasteiger partial charge in [-0.15, -0.1) is 0 Å². The van der Waals surface area contributed by atoms with Crippen LogP contribution in [0, 0.1) is 0 Å². The van der Waals surface area contributed by atoms with Gasteiger partial charge in [-0.3, -0.25) is 4.79 Å². The number of likely N-dealkylation sites (N-methyl/N-ethyl adjacent to an activating group) is 1. The van der Waals surface area contributed by atoms with Crippen LogP contribution in [0.5, 0.6) is 0 Å². The van der Waals surface area contributed by atoms with E-state index in [0.29, 0.717) is 33.7 Å². The molecule has 1 amide bonds. The van der Waals surface area contributed by atoms with E-state index in [-0.39, 0.29) is 23.7 Å². The van der Waals surface area contributed by atoms with Gasteiger partial charge in [-0.05, 0) is 51.3 Å². The number of primary amides is 1. The van der Waals surface area contributed by atoms with Gasteiger partial charge in [0.1, 0.15) is 5.82 Å². The number of anilines is 4. The van der Waals surface area contributed by atoms with E-state index in [4.69, 9.17) is 33.9 Å². The number of nitrogens with one attached hydrogen (secondary N) is 2. The first-order valence-electron chi connectivity index (χ1n) is 12.1. The van der Waals surface area contributed by atoms with Gasteiger partial charge in [0, 0.05) is 37.9 Å². The summed E-state index contributed by atoms with van der Waals surface area (Å²) in [6.45, 7) is 5.50. The van der Waals surface area contributed by atoms with Crippen molar-refractivity contribution in [2.75, 3.05) is 48.8 Å². The Kier molecular flexibility index (Phi) is 8.21. The number of aryl methyl sites for hydroxylation is 1. The summed E-state index contributed by atoms with van der Waals surface area (Å²) < 4.78 is 0. The van der Waals surface area contributed by atoms with Crippen molar-refractivity contribution in [3.63, 3.8) is 0 Å². The number of piperazine rings is 1. The minimum absolute atomic E-state index is 0.0573. The zero-order valence-electron chi connectivity index (χ0n) is 20.2. The Bertz CT molecular complexity index is 1050. The van der Waals surface area contributed by atoms with Crippen LogP contribution in [0.1, 0.15) is 48.8 Å². The van der Waals surface area contributed by atoms with Gasteiger partial charge < -0.3 is 31.3 Å². The molecule has 0 atom stereocenters. The molecule has 5 N–H and O–H groups in total. The average molecular weight is 522 g/mol. The molecule has 0 spiro atoms. The van der Waals surface area contributed by atoms with Gasteiger partial charge >= 0.3 is 0 Å². The first-order chi connectivity index (χ1) is 16.7. The average Bonchev–Trinajstić information content (AvgIpc) is 2.81. The standard InChI is InChI=1S/C24H33Cl2N7O2/c1-3-19-23(28-14-4-6-16(34)7-5-14)31-24(20(30-19)22(27)35)29-15-12-17(25)21(18(26)13-15)33-10-8-32(2)9-11-33/h12-14,16,34H,3-11H2,1-2H3,(H2,27,35)(H2,28,29,31). The molecule has 1 saturated carbocycles. The van der Waals surface area contributed by atoms with Crippen LogP contribution in [0.4, 0.5) is 23.0 Å². The molecular formula is C24H33Cl2N7O2. The first-order valence-corrected chi connectivity index (χ1v) is 12.9. The van der Waals surface area contributed by atoms with Crippen LogP contribution in [0.15, 0.2) is 12.1 Å². The molecule has 35 heavy (non-hydrogen) atoms. The van der Waals surface area contributed by atoms with E-state index in [1.807, 2.05) is 6.92 Å². The van der Waals surface area contributed by atoms with Gasteiger partial charge in [-0.25, -0.2) is 9.97 Å². The summed E-state index contributed by atoms with van der Waals surface area (Å²) in [5.74, 6) is 0.174. The van der Waals surface area contributed by atoms with Crippen molar-refractivity contribution < 1.29 is 9.90 Å². The highest BCUT2D eigenvalue weighted by Gasteiger charge is 2.24. The largest absolute Gasteiger partial charge is 0.393 e. The van der Waals surface area contributed by atoms with Crippen molar-refractivity contribution in [1.82, 2.24) is 14.9 Å². The maximum atomic E-state index is 12.2. The number of halogens is 2. The number of nitrogens with zero attached hydrogens (tertiary/aromatic N) is 4. The van der Waals surface area contributed by atoms with Crippen molar-refractivity contribution in [3.05, 3.63) is 33.6 Å². The van der Waals surface area contributed by atoms with E-state index in [1.54, 1.807) is 12.1 Å². The second kappa shape index (κ2) is 11.2. The number of carbonyl (C=O) groups is 1. The fraction of sp³-hybridized carbons (Fsp3) is 0.542. The fourth-order valence-electron chi connectivity index (χ4n) is 4.61. The third-order valence-electron chi connectivity index (χ3n) is 6.67. The molecule has 0 unspecified atom stereocenters. The molecule has 1 aliphatic carbocycles. The van der Waals surface area contributed by atoms with Crippen LogP contribution in [-0.4, -0.2) is 71.3 Å². The number of aliphatic hydroxyl groups excluding tert-OH is 1. The van der Waals surface area contributed by atoms with Gasteiger partial charge in [-0.1, -0.05) is 30.1 Å². The number of hydrogen-bond acceptors (Lipinski definition) is 8. The van der Waals surface area contributed by atoms with Crippen molar-refractivity contribution in [2.45, 2.75) is 51.2 Å². The summed E-state index contributed by atoms with van der Waals surface area (Å²) in [4.78, 5) is 25.9. The van der Waals surface area contributed by atoms with E-state index in [0.717, 1.165) is 57.5 Å². The predicted octanol–water partition coefficient (Wildman–Crippen LogP) is 3.66. The lowest BCUT2D eigenvalue weighted by Gasteiger charge is -2.35. The number of amides is 1. The van der Waals surface area contributed by atoms with E-state index in [2.05, 4.69) is 32.5 Å². The maximum absolute atomic E-state index is 12.2. The lowest BCUT2D eigenvalue weighted by molar-refractivity contribution is 0.0996. The molecule has 0 bridgehead atoms. The second-order valence-corrected chi connectivity index (χ2v) is 10.1. The number of aromatic nitrogens is 2. The summed E-state index contributed by atoms with van der Waals surface area (Å²) in [5.41, 5.74) is 7.75. The summed E-state index contributed by atoms with van der Waals surface area (Å²) in [5, 5.41) is 17.5. The molecule has 2 aliphatic rings. The quantitative estimate of drug-likeness (QED) is 0.435. The molecule has 0 radical (unpaired) electrons. The topological polar surface area (TPSA) is 120 Å². The van der Waals surface area contributed by atoms with Crippen molar-refractivity contribution in [3.8, 4) is 0 Å². The summed E-state index contributed by atoms with van der Waals surface area (Å²) >= 11 is 13.3. The Morgan fingerprint density at radius 2 is 1.71 bits per heavy atom. The highest BCUT2D eigenvalue weighted by atomic mass is 35.5. The van der Waals surface area contributed by atoms with Gasteiger partial charge in [0.25, 0.3) is 5.91 Å². The number of rotatable bonds is 7. The first kappa shape index (κ1) is 25.8. The smallest absolute Gasteiger partial charge is 0.271 e. The maximum Gasteiger partial charge on any atom is 0.271 e. The minimum atomic E-state index is -0.673. The zero-order chi connectivity index (χ0) is 25.1. The van der Waals surface area contributed by atoms with Gasteiger partial charge in [0.2, 0.25) is 0 Å². The Hall–Kier alpha value is -2.33. The lowest BCUT2D eigenvalue weighted by atomic mass is 9.93. The molecule has 11 heteroatoms. The highest BCUT2D eigenvalue weighted by Crippen LogP contribution is 2.38. The summed E-state index contributed by atoms with van der Waals surface area (Å²) in [6.07, 6.45) is 3.50. The van der Waals surface area contributed by atoms with Crippen LogP contribution in [-0.2, 0) is 6.42 Å². The zero-order valence-corrected chi connectivity index (χ0v) is 21.7. The number of benzene rings is 1. The Balaban J connectivity index is 1.61. The lowest BCUT2D eigenvalue weighted by Crippen LogP contribution is -2.44. The van der Waals surface area contributed by atoms with E-state index in [1.165, 1.54) is 0 Å². The number of aliphatic hydroxyl groups is 1. The molecule has 2 aromatic rings. The molecule has 2 heterocycles. The van der Waals surface area contributed by atoms with E-state index in [9.17, 15) is 9.90 Å². The van der Waals surface area contributed by atoms with Gasteiger partial charge in [-0.2, -0.15) is 0 Å². The molecule has 1 aromatic carbocycles. The van der Waals surface area contributed by atoms with Gasteiger partial charge in [0.15, 0.2) is 11.5 Å². The SMILES string of the molecule is CCc1nc(C(N)=O)c(Nc2cc(Cl)c(N3CCN(C)CC3)c(Cl)c2)nc1NC1CCC(O)CC1. The Morgan fingerprint density at radius 1 is 1.09 bits per heavy atom. The summed E-state index contributed by atoms with van der Waals surface area (Å²) in [7, 11) is 2.09. The van der Waals surface area contributed by atoms with E-state index < -0.39 is 5.91 Å². The third kappa shape index (κ3) is 6.09. The Morgan fingerprint density at radius 3 is 2.29 bits per heavy atom. The van der Waals surface area contributed by atoms with E-state index >= 15 is 0 Å². The number of carbonyl (C=O) groups excluding carboxylic acids is 1. The Labute approximate surface area is 216 Å². The van der Waals surface area contributed by atoms with Crippen molar-refractivity contribution in [1.29, 1.82) is 0 Å². The molecule has 1 saturated heterocycles. The number of hydrogen-bond donors (Lipinski definition) is 4. The summed E-state index contributed by atoms with van der Waals surface area (Å²) in [6, 6.07) is 3.73. The highest BCUT2D eigenvalue weighted by molar-refractivity contribution is 6.39. The number of nitrogens with two attached hydrogens (primary N) is 1. The van der Waals surface area contributed by atoms with Gasteiger partial charge in [0.05, 0.1) is 27.5 Å². The van der Waals surface area contributed by atoms with Crippen LogP contribution in [0.3, 0.4) is 0 Å². The normalized spacial score (nSPS) is 21.1. The molecule has 2 fully saturated rings. The van der Waals surface area contributed by atoms with Crippen LogP contribution < -0.4 is 21.3 Å². The second-order valence-electron chi connectivity index (χ2n) is 9.29. The van der Waals surface area contributed by atoms with Crippen molar-refractivity contribution in [2.24, 2.45) is 5.73 Å².